The number of rotatable bonds is 11. The fraction of sp³-hybridized carbons (Fsp3) is 0.286. The molecule has 3 rings (SSSR count). The number of hydrogen-bond acceptors (Lipinski definition) is 5. The third-order valence-corrected chi connectivity index (χ3v) is 6.66. The van der Waals surface area contributed by atoms with Crippen molar-refractivity contribution < 1.29 is 18.3 Å². The summed E-state index contributed by atoms with van der Waals surface area (Å²) in [5, 5.41) is 9.56. The molecule has 0 atom stereocenters. The van der Waals surface area contributed by atoms with E-state index in [1.165, 1.54) is 6.26 Å². The first-order chi connectivity index (χ1) is 16.3. The van der Waals surface area contributed by atoms with Crippen LogP contribution in [0.1, 0.15) is 29.5 Å². The fourth-order valence-electron chi connectivity index (χ4n) is 3.76. The van der Waals surface area contributed by atoms with Crippen LogP contribution in [-0.4, -0.2) is 58.5 Å². The Kier molecular flexibility index (Phi) is 9.05. The maximum atomic E-state index is 12.0. The molecule has 0 amide bonds. The van der Waals surface area contributed by atoms with Gasteiger partial charge in [-0.05, 0) is 79.0 Å². The van der Waals surface area contributed by atoms with E-state index in [4.69, 9.17) is 4.74 Å². The number of aliphatic hydroxyl groups is 1. The highest BCUT2D eigenvalue weighted by Crippen LogP contribution is 2.36. The van der Waals surface area contributed by atoms with E-state index in [1.54, 1.807) is 12.1 Å². The molecule has 0 aliphatic carbocycles. The van der Waals surface area contributed by atoms with E-state index in [0.717, 1.165) is 40.1 Å². The smallest absolute Gasteiger partial charge is 0.175 e. The Labute approximate surface area is 203 Å². The lowest BCUT2D eigenvalue weighted by Gasteiger charge is -2.18. The van der Waals surface area contributed by atoms with Crippen molar-refractivity contribution in [1.82, 2.24) is 4.90 Å². The van der Waals surface area contributed by atoms with Gasteiger partial charge < -0.3 is 14.7 Å². The van der Waals surface area contributed by atoms with Crippen molar-refractivity contribution in [2.24, 2.45) is 0 Å². The van der Waals surface area contributed by atoms with Gasteiger partial charge in [0, 0.05) is 19.4 Å². The number of benzene rings is 3. The third kappa shape index (κ3) is 7.03. The zero-order valence-electron chi connectivity index (χ0n) is 20.1. The second-order valence-corrected chi connectivity index (χ2v) is 10.5. The van der Waals surface area contributed by atoms with Crippen LogP contribution in [0.15, 0.2) is 83.8 Å². The molecule has 0 aliphatic rings. The van der Waals surface area contributed by atoms with Crippen molar-refractivity contribution in [3.8, 4) is 5.75 Å². The average molecular weight is 480 g/mol. The molecule has 0 saturated heterocycles. The van der Waals surface area contributed by atoms with Crippen LogP contribution in [0.25, 0.3) is 11.1 Å². The van der Waals surface area contributed by atoms with E-state index in [9.17, 15) is 13.5 Å². The summed E-state index contributed by atoms with van der Waals surface area (Å²) in [6.45, 7) is 1.53. The Hall–Kier alpha value is -2.93. The van der Waals surface area contributed by atoms with Gasteiger partial charge in [-0.1, -0.05) is 54.6 Å². The van der Waals surface area contributed by atoms with Gasteiger partial charge >= 0.3 is 0 Å². The highest BCUT2D eigenvalue weighted by atomic mass is 32.2. The predicted molar refractivity (Wildman–Crippen MR) is 139 cm³/mol. The van der Waals surface area contributed by atoms with Gasteiger partial charge in [-0.15, -0.1) is 0 Å². The summed E-state index contributed by atoms with van der Waals surface area (Å²) in [7, 11) is 0.734. The number of ether oxygens (including phenoxy) is 1. The first-order valence-corrected chi connectivity index (χ1v) is 13.3. The molecule has 34 heavy (non-hydrogen) atoms. The summed E-state index contributed by atoms with van der Waals surface area (Å²) in [6, 6.07) is 25.1. The average Bonchev–Trinajstić information content (AvgIpc) is 2.82. The van der Waals surface area contributed by atoms with E-state index in [1.807, 2.05) is 68.7 Å². The predicted octanol–water partition coefficient (Wildman–Crippen LogP) is 4.76. The normalized spacial score (nSPS) is 12.5. The molecule has 0 aliphatic heterocycles. The largest absolute Gasteiger partial charge is 0.492 e. The number of likely N-dealkylation sites (N-methyl/N-ethyl adjacent to an activating group) is 1. The lowest BCUT2D eigenvalue weighted by molar-refractivity contribution is 0.261. The molecule has 0 aromatic heterocycles. The Morgan fingerprint density at radius 2 is 1.44 bits per heavy atom. The highest BCUT2D eigenvalue weighted by Gasteiger charge is 2.16. The molecule has 0 radical (unpaired) electrons. The van der Waals surface area contributed by atoms with Gasteiger partial charge in [0.1, 0.15) is 12.4 Å². The van der Waals surface area contributed by atoms with Crippen LogP contribution in [0.5, 0.6) is 5.75 Å². The second kappa shape index (κ2) is 12.0. The summed E-state index contributed by atoms with van der Waals surface area (Å²) in [4.78, 5) is 2.36. The zero-order valence-corrected chi connectivity index (χ0v) is 20.9. The molecule has 180 valence electrons. The molecule has 0 heterocycles. The van der Waals surface area contributed by atoms with E-state index in [2.05, 4.69) is 17.0 Å². The zero-order chi connectivity index (χ0) is 24.6. The maximum absolute atomic E-state index is 12.0. The molecular weight excluding hydrogens is 446 g/mol. The van der Waals surface area contributed by atoms with E-state index < -0.39 is 9.84 Å². The Balaban J connectivity index is 2.10. The molecule has 0 spiro atoms. The van der Waals surface area contributed by atoms with Gasteiger partial charge in [0.05, 0.1) is 4.90 Å². The summed E-state index contributed by atoms with van der Waals surface area (Å²) >= 11 is 0. The number of nitrogens with zero attached hydrogens (tertiary/aromatic N) is 1. The molecule has 5 nitrogen and oxygen atoms in total. The minimum absolute atomic E-state index is 0.0925. The third-order valence-electron chi connectivity index (χ3n) is 5.53. The fourth-order valence-corrected chi connectivity index (χ4v) is 4.39. The van der Waals surface area contributed by atoms with Crippen LogP contribution in [0.4, 0.5) is 0 Å². The molecule has 0 fully saturated rings. The summed E-state index contributed by atoms with van der Waals surface area (Å²) in [6.07, 6.45) is 2.52. The minimum atomic E-state index is -3.29. The van der Waals surface area contributed by atoms with Crippen LogP contribution < -0.4 is 4.74 Å². The SMILES string of the molecule is CN(C)CCOc1ccc(/C(=C(/CCCO)c2ccccc2)c2ccc(S(C)(=O)=O)cc2)cc1. The standard InChI is InChI=1S/C28H33NO4S/c1-29(2)19-21-33-25-15-11-23(12-16-25)28(24-13-17-26(18-14-24)34(3,31)32)27(10-7-20-30)22-8-5-4-6-9-22/h4-6,8-9,11-18,30H,7,10,19-21H2,1-3H3/b28-27+. The topological polar surface area (TPSA) is 66.8 Å². The summed E-state index contributed by atoms with van der Waals surface area (Å²) in [5.74, 6) is 0.800. The Bertz CT molecular complexity index is 1180. The molecule has 0 bridgehead atoms. The minimum Gasteiger partial charge on any atom is -0.492 e. The molecule has 6 heteroatoms. The van der Waals surface area contributed by atoms with Gasteiger partial charge in [-0.3, -0.25) is 0 Å². The number of sulfone groups is 1. The molecule has 0 saturated carbocycles. The summed E-state index contributed by atoms with van der Waals surface area (Å²) < 4.78 is 29.8. The van der Waals surface area contributed by atoms with Gasteiger partial charge in [0.2, 0.25) is 0 Å². The van der Waals surface area contributed by atoms with Crippen molar-refractivity contribution >= 4 is 21.0 Å². The van der Waals surface area contributed by atoms with Crippen molar-refractivity contribution in [1.29, 1.82) is 0 Å². The molecular formula is C28H33NO4S. The second-order valence-electron chi connectivity index (χ2n) is 8.52. The van der Waals surface area contributed by atoms with Crippen molar-refractivity contribution in [2.45, 2.75) is 17.7 Å². The lowest BCUT2D eigenvalue weighted by Crippen LogP contribution is -2.19. The number of hydrogen-bond donors (Lipinski definition) is 1. The van der Waals surface area contributed by atoms with Crippen LogP contribution >= 0.6 is 0 Å². The van der Waals surface area contributed by atoms with Crippen LogP contribution in [0, 0.1) is 0 Å². The molecule has 3 aromatic rings. The monoisotopic (exact) mass is 479 g/mol. The maximum Gasteiger partial charge on any atom is 0.175 e. The highest BCUT2D eigenvalue weighted by molar-refractivity contribution is 7.90. The van der Waals surface area contributed by atoms with Crippen molar-refractivity contribution in [3.05, 3.63) is 95.6 Å². The number of aliphatic hydroxyl groups excluding tert-OH is 1. The van der Waals surface area contributed by atoms with Gasteiger partial charge in [-0.2, -0.15) is 0 Å². The lowest BCUT2D eigenvalue weighted by atomic mass is 9.87. The van der Waals surface area contributed by atoms with Crippen LogP contribution in [-0.2, 0) is 9.84 Å². The van der Waals surface area contributed by atoms with Crippen molar-refractivity contribution in [3.63, 3.8) is 0 Å². The summed E-state index contributed by atoms with van der Waals surface area (Å²) in [5.41, 5.74) is 5.11. The van der Waals surface area contributed by atoms with Gasteiger partial charge in [-0.25, -0.2) is 8.42 Å². The molecule has 3 aromatic carbocycles. The van der Waals surface area contributed by atoms with E-state index in [0.29, 0.717) is 19.4 Å². The first-order valence-electron chi connectivity index (χ1n) is 11.4. The van der Waals surface area contributed by atoms with Crippen molar-refractivity contribution in [2.75, 3.05) is 40.1 Å². The Morgan fingerprint density at radius 1 is 0.853 bits per heavy atom. The Morgan fingerprint density at radius 3 is 1.97 bits per heavy atom. The number of allylic oxidation sites excluding steroid dienone is 1. The quantitative estimate of drug-likeness (QED) is 0.402. The molecule has 0 unspecified atom stereocenters. The van der Waals surface area contributed by atoms with Crippen LogP contribution in [0.2, 0.25) is 0 Å². The van der Waals surface area contributed by atoms with E-state index >= 15 is 0 Å². The van der Waals surface area contributed by atoms with E-state index in [-0.39, 0.29) is 11.5 Å². The van der Waals surface area contributed by atoms with Crippen LogP contribution in [0.3, 0.4) is 0 Å². The first kappa shape index (κ1) is 25.7. The van der Waals surface area contributed by atoms with Gasteiger partial charge in [0.15, 0.2) is 9.84 Å². The van der Waals surface area contributed by atoms with Gasteiger partial charge in [0.25, 0.3) is 0 Å². The molecule has 1 N–H and O–H groups in total.